The molecule has 4 rings (SSSR count). The fourth-order valence-corrected chi connectivity index (χ4v) is 5.67. The summed E-state index contributed by atoms with van der Waals surface area (Å²) >= 11 is 0. The molecule has 5 atom stereocenters. The summed E-state index contributed by atoms with van der Waals surface area (Å²) in [5.41, 5.74) is -2.98. The molecule has 2 aliphatic heterocycles. The third-order valence-corrected chi connectivity index (χ3v) is 7.13. The lowest BCUT2D eigenvalue weighted by molar-refractivity contribution is -0.299. The molecular formula is C23H24N4O3. The molecule has 1 N–H and O–H groups in total. The van der Waals surface area contributed by atoms with Crippen molar-refractivity contribution in [1.29, 1.82) is 21.2 Å². The van der Waals surface area contributed by atoms with E-state index in [1.807, 2.05) is 0 Å². The molecule has 0 radical (unpaired) electrons. The number of nitriles is 3. The minimum atomic E-state index is -1.90. The molecule has 3 aliphatic rings. The van der Waals surface area contributed by atoms with Gasteiger partial charge in [0.15, 0.2) is 5.41 Å². The van der Waals surface area contributed by atoms with Crippen molar-refractivity contribution in [3.63, 3.8) is 0 Å². The van der Waals surface area contributed by atoms with Crippen LogP contribution in [0.3, 0.4) is 0 Å². The standard InChI is InChI=1S/C23H24N4O3/c1-3-4-15-9-10-23-18(11-15)22(14-26,20(27)30-23)21(12-24,13-25)19(29-23)16-5-7-17(28-2)8-6-16/h5-8,15,18-19,27H,3-4,9-11H2,1-2H3. The molecule has 1 aromatic carbocycles. The largest absolute Gasteiger partial charge is 0.497 e. The third-order valence-electron chi connectivity index (χ3n) is 7.13. The van der Waals surface area contributed by atoms with E-state index in [4.69, 9.17) is 19.6 Å². The van der Waals surface area contributed by atoms with E-state index < -0.39 is 28.6 Å². The Bertz CT molecular complexity index is 972. The Morgan fingerprint density at radius 1 is 1.17 bits per heavy atom. The molecule has 2 heterocycles. The summed E-state index contributed by atoms with van der Waals surface area (Å²) in [6, 6.07) is 13.4. The minimum Gasteiger partial charge on any atom is -0.497 e. The Morgan fingerprint density at radius 3 is 2.43 bits per heavy atom. The van der Waals surface area contributed by atoms with Crippen LogP contribution in [0.4, 0.5) is 0 Å². The van der Waals surface area contributed by atoms with Crippen LogP contribution in [0.15, 0.2) is 24.3 Å². The molecule has 3 fully saturated rings. The van der Waals surface area contributed by atoms with Crippen LogP contribution < -0.4 is 4.74 Å². The zero-order valence-corrected chi connectivity index (χ0v) is 17.1. The van der Waals surface area contributed by atoms with Gasteiger partial charge in [0.1, 0.15) is 11.9 Å². The molecule has 1 aromatic rings. The summed E-state index contributed by atoms with van der Waals surface area (Å²) in [5.74, 6) is -1.01. The van der Waals surface area contributed by atoms with Crippen molar-refractivity contribution >= 4 is 5.90 Å². The molecule has 1 saturated carbocycles. The van der Waals surface area contributed by atoms with Gasteiger partial charge >= 0.3 is 0 Å². The van der Waals surface area contributed by atoms with Crippen molar-refractivity contribution in [2.45, 2.75) is 50.9 Å². The van der Waals surface area contributed by atoms with Crippen LogP contribution in [-0.4, -0.2) is 18.8 Å². The van der Waals surface area contributed by atoms with Gasteiger partial charge in [-0.15, -0.1) is 0 Å². The Labute approximate surface area is 176 Å². The van der Waals surface area contributed by atoms with Gasteiger partial charge in [-0.3, -0.25) is 5.41 Å². The van der Waals surface area contributed by atoms with Crippen LogP contribution in [-0.2, 0) is 9.47 Å². The van der Waals surface area contributed by atoms with Gasteiger partial charge in [-0.05, 0) is 36.5 Å². The van der Waals surface area contributed by atoms with Gasteiger partial charge in [-0.2, -0.15) is 15.8 Å². The van der Waals surface area contributed by atoms with Gasteiger partial charge in [-0.25, -0.2) is 0 Å². The van der Waals surface area contributed by atoms with E-state index in [0.717, 1.165) is 19.3 Å². The predicted octanol–water partition coefficient (Wildman–Crippen LogP) is 4.23. The van der Waals surface area contributed by atoms with Gasteiger partial charge in [0.2, 0.25) is 17.1 Å². The van der Waals surface area contributed by atoms with Crippen molar-refractivity contribution in [2.24, 2.45) is 22.7 Å². The van der Waals surface area contributed by atoms with Crippen LogP contribution in [0.1, 0.15) is 50.7 Å². The maximum Gasteiger partial charge on any atom is 0.217 e. The maximum atomic E-state index is 10.4. The highest BCUT2D eigenvalue weighted by molar-refractivity contribution is 5.89. The Morgan fingerprint density at radius 2 is 1.87 bits per heavy atom. The quantitative estimate of drug-likeness (QED) is 0.801. The highest BCUT2D eigenvalue weighted by Gasteiger charge is 2.80. The monoisotopic (exact) mass is 404 g/mol. The van der Waals surface area contributed by atoms with Crippen LogP contribution in [0.2, 0.25) is 0 Å². The van der Waals surface area contributed by atoms with Gasteiger partial charge in [-0.1, -0.05) is 31.9 Å². The molecule has 1 aliphatic carbocycles. The van der Waals surface area contributed by atoms with Crippen LogP contribution >= 0.6 is 0 Å². The van der Waals surface area contributed by atoms with E-state index in [1.54, 1.807) is 31.4 Å². The zero-order valence-electron chi connectivity index (χ0n) is 17.1. The molecule has 30 heavy (non-hydrogen) atoms. The van der Waals surface area contributed by atoms with E-state index in [0.29, 0.717) is 30.1 Å². The molecule has 0 amide bonds. The van der Waals surface area contributed by atoms with Gasteiger partial charge in [0.25, 0.3) is 0 Å². The molecule has 7 nitrogen and oxygen atoms in total. The predicted molar refractivity (Wildman–Crippen MR) is 106 cm³/mol. The lowest BCUT2D eigenvalue weighted by Gasteiger charge is -2.52. The number of benzene rings is 1. The fraction of sp³-hybridized carbons (Fsp3) is 0.565. The van der Waals surface area contributed by atoms with Crippen molar-refractivity contribution in [1.82, 2.24) is 0 Å². The van der Waals surface area contributed by atoms with Gasteiger partial charge < -0.3 is 14.2 Å². The first kappa shape index (κ1) is 20.2. The first-order chi connectivity index (χ1) is 14.5. The lowest BCUT2D eigenvalue weighted by atomic mass is 9.50. The maximum absolute atomic E-state index is 10.4. The summed E-state index contributed by atoms with van der Waals surface area (Å²) in [6.45, 7) is 2.11. The summed E-state index contributed by atoms with van der Waals surface area (Å²) in [4.78, 5) is 0. The average molecular weight is 404 g/mol. The number of hydrogen-bond acceptors (Lipinski definition) is 7. The van der Waals surface area contributed by atoms with Crippen molar-refractivity contribution < 1.29 is 14.2 Å². The van der Waals surface area contributed by atoms with Crippen LogP contribution in [0.25, 0.3) is 0 Å². The summed E-state index contributed by atoms with van der Waals surface area (Å²) in [6.07, 6.45) is 2.99. The van der Waals surface area contributed by atoms with E-state index in [1.165, 1.54) is 0 Å². The minimum absolute atomic E-state index is 0.314. The Hall–Kier alpha value is -3.08. The Balaban J connectivity index is 1.90. The number of rotatable bonds is 4. The van der Waals surface area contributed by atoms with E-state index in [2.05, 4.69) is 25.1 Å². The fourth-order valence-electron chi connectivity index (χ4n) is 5.67. The smallest absolute Gasteiger partial charge is 0.217 e. The highest BCUT2D eigenvalue weighted by Crippen LogP contribution is 2.70. The second-order valence-electron chi connectivity index (χ2n) is 8.45. The summed E-state index contributed by atoms with van der Waals surface area (Å²) in [7, 11) is 1.55. The number of ether oxygens (including phenoxy) is 3. The molecule has 7 heteroatoms. The molecular weight excluding hydrogens is 380 g/mol. The molecule has 2 bridgehead atoms. The number of hydrogen-bond donors (Lipinski definition) is 1. The Kier molecular flexibility index (Phi) is 4.72. The van der Waals surface area contributed by atoms with Crippen LogP contribution in [0.5, 0.6) is 5.75 Å². The second-order valence-corrected chi connectivity index (χ2v) is 8.45. The van der Waals surface area contributed by atoms with E-state index in [-0.39, 0.29) is 5.90 Å². The first-order valence-electron chi connectivity index (χ1n) is 10.3. The van der Waals surface area contributed by atoms with Crippen molar-refractivity contribution in [3.8, 4) is 24.0 Å². The summed E-state index contributed by atoms with van der Waals surface area (Å²) in [5, 5.41) is 39.6. The first-order valence-corrected chi connectivity index (χ1v) is 10.3. The van der Waals surface area contributed by atoms with E-state index in [9.17, 15) is 15.8 Å². The van der Waals surface area contributed by atoms with Gasteiger partial charge in [0.05, 0.1) is 31.2 Å². The van der Waals surface area contributed by atoms with Crippen LogP contribution in [0, 0.1) is 62.1 Å². The molecule has 5 unspecified atom stereocenters. The van der Waals surface area contributed by atoms with Crippen molar-refractivity contribution in [3.05, 3.63) is 29.8 Å². The molecule has 0 aromatic heterocycles. The molecule has 0 spiro atoms. The highest BCUT2D eigenvalue weighted by atomic mass is 16.7. The summed E-state index contributed by atoms with van der Waals surface area (Å²) < 4.78 is 17.6. The molecule has 154 valence electrons. The molecule has 2 saturated heterocycles. The van der Waals surface area contributed by atoms with Gasteiger partial charge in [0, 0.05) is 6.42 Å². The average Bonchev–Trinajstić information content (AvgIpc) is 2.98. The normalized spacial score (nSPS) is 35.8. The topological polar surface area (TPSA) is 123 Å². The van der Waals surface area contributed by atoms with E-state index >= 15 is 0 Å². The second kappa shape index (κ2) is 7.01. The number of methoxy groups -OCH3 is 1. The SMILES string of the molecule is CCCC1CCC23OC(=N)C(C#N)(C2C1)C(C#N)(C#N)C(c1ccc(OC)cc1)O3. The number of nitrogens with zero attached hydrogens (tertiary/aromatic N) is 3. The van der Waals surface area contributed by atoms with Crippen molar-refractivity contribution in [2.75, 3.05) is 7.11 Å². The lowest BCUT2D eigenvalue weighted by Crippen LogP contribution is -2.61. The zero-order chi connectivity index (χ0) is 21.6. The third kappa shape index (κ3) is 2.35. The number of nitrogens with one attached hydrogen (secondary N) is 1.